The first-order chi connectivity index (χ1) is 15.0. The van der Waals surface area contributed by atoms with Crippen molar-refractivity contribution < 1.29 is 9.53 Å². The highest BCUT2D eigenvalue weighted by Gasteiger charge is 2.39. The molecule has 0 unspecified atom stereocenters. The van der Waals surface area contributed by atoms with E-state index in [2.05, 4.69) is 31.4 Å². The quantitative estimate of drug-likeness (QED) is 0.421. The predicted octanol–water partition coefficient (Wildman–Crippen LogP) is 5.86. The molecule has 2 aliphatic heterocycles. The molecule has 7 heteroatoms. The molecule has 0 saturated carbocycles. The highest BCUT2D eigenvalue weighted by Crippen LogP contribution is 2.51. The highest BCUT2D eigenvalue weighted by molar-refractivity contribution is 8.19. The molecular weight excluding hydrogens is 426 g/mol. The number of amides is 1. The number of carbonyl (C=O) groups is 1. The Labute approximate surface area is 191 Å². The zero-order valence-corrected chi connectivity index (χ0v) is 19.8. The number of anilines is 1. The minimum Gasteiger partial charge on any atom is -0.497 e. The molecule has 0 atom stereocenters. The SMILES string of the molecule is C=CCN1C(=O)C(=C2Sc3ccc(OC)cc3N2CC)SC1=Nc1ccc(C)cc1C. The summed E-state index contributed by atoms with van der Waals surface area (Å²) in [4.78, 5) is 24.0. The number of aliphatic imine (C=N–C) groups is 1. The van der Waals surface area contributed by atoms with Crippen molar-refractivity contribution in [2.24, 2.45) is 4.99 Å². The third-order valence-corrected chi connectivity index (χ3v) is 7.54. The van der Waals surface area contributed by atoms with Crippen LogP contribution < -0.4 is 9.64 Å². The Kier molecular flexibility index (Phi) is 6.16. The average Bonchev–Trinajstić information content (AvgIpc) is 3.27. The van der Waals surface area contributed by atoms with Crippen LogP contribution in [0.25, 0.3) is 0 Å². The average molecular weight is 452 g/mol. The predicted molar refractivity (Wildman–Crippen MR) is 131 cm³/mol. The van der Waals surface area contributed by atoms with Crippen LogP contribution in [0.1, 0.15) is 18.1 Å². The van der Waals surface area contributed by atoms with Crippen LogP contribution in [0.3, 0.4) is 0 Å². The van der Waals surface area contributed by atoms with E-state index in [-0.39, 0.29) is 5.91 Å². The van der Waals surface area contributed by atoms with Crippen LogP contribution in [0.4, 0.5) is 11.4 Å². The van der Waals surface area contributed by atoms with E-state index >= 15 is 0 Å². The fraction of sp³-hybridized carbons (Fsp3) is 0.250. The van der Waals surface area contributed by atoms with Crippen molar-refractivity contribution in [1.29, 1.82) is 0 Å². The van der Waals surface area contributed by atoms with Crippen molar-refractivity contribution in [1.82, 2.24) is 4.90 Å². The smallest absolute Gasteiger partial charge is 0.269 e. The lowest BCUT2D eigenvalue weighted by Gasteiger charge is -2.19. The van der Waals surface area contributed by atoms with Gasteiger partial charge in [0.2, 0.25) is 0 Å². The molecular formula is C24H25N3O2S2. The van der Waals surface area contributed by atoms with E-state index in [1.165, 1.54) is 17.3 Å². The Morgan fingerprint density at radius 1 is 1.13 bits per heavy atom. The van der Waals surface area contributed by atoms with Crippen molar-refractivity contribution in [3.8, 4) is 5.75 Å². The van der Waals surface area contributed by atoms with E-state index in [1.54, 1.807) is 29.8 Å². The van der Waals surface area contributed by atoms with E-state index in [1.807, 2.05) is 37.3 Å². The van der Waals surface area contributed by atoms with Crippen LogP contribution in [0.2, 0.25) is 0 Å². The maximum absolute atomic E-state index is 13.4. The number of nitrogens with zero attached hydrogens (tertiary/aromatic N) is 3. The number of thioether (sulfide) groups is 2. The van der Waals surface area contributed by atoms with Gasteiger partial charge < -0.3 is 9.64 Å². The normalized spacial score (nSPS) is 19.4. The van der Waals surface area contributed by atoms with Gasteiger partial charge in [-0.15, -0.1) is 6.58 Å². The van der Waals surface area contributed by atoms with Crippen molar-refractivity contribution in [2.45, 2.75) is 25.7 Å². The second-order valence-corrected chi connectivity index (χ2v) is 9.31. The van der Waals surface area contributed by atoms with Gasteiger partial charge in [-0.3, -0.25) is 9.69 Å². The van der Waals surface area contributed by atoms with Crippen LogP contribution in [-0.4, -0.2) is 36.2 Å². The van der Waals surface area contributed by atoms with Crippen LogP contribution in [0.15, 0.2) is 68.9 Å². The Balaban J connectivity index is 1.77. The monoisotopic (exact) mass is 451 g/mol. The highest BCUT2D eigenvalue weighted by atomic mass is 32.2. The standard InChI is InChI=1S/C24H25N3O2S2/c1-6-12-27-22(28)21(31-24(27)25-18-10-8-15(3)13-16(18)4)23-26(7-2)19-14-17(29-5)9-11-20(19)30-23/h6,8-11,13-14H,1,7,12H2,2-5H3. The fourth-order valence-electron chi connectivity index (χ4n) is 3.61. The van der Waals surface area contributed by atoms with Crippen LogP contribution >= 0.6 is 23.5 Å². The number of rotatable bonds is 5. The summed E-state index contributed by atoms with van der Waals surface area (Å²) >= 11 is 3.06. The van der Waals surface area contributed by atoms with Gasteiger partial charge in [0.25, 0.3) is 5.91 Å². The van der Waals surface area contributed by atoms with Crippen molar-refractivity contribution in [3.63, 3.8) is 0 Å². The number of benzene rings is 2. The number of hydrogen-bond acceptors (Lipinski definition) is 6. The van der Waals surface area contributed by atoms with Gasteiger partial charge in [-0.1, -0.05) is 35.5 Å². The number of aryl methyl sites for hydroxylation is 2. The number of methoxy groups -OCH3 is 1. The van der Waals surface area contributed by atoms with E-state index in [0.29, 0.717) is 16.6 Å². The molecule has 4 rings (SSSR count). The molecule has 1 saturated heterocycles. The van der Waals surface area contributed by atoms with E-state index in [4.69, 9.17) is 9.73 Å². The van der Waals surface area contributed by atoms with Crippen molar-refractivity contribution >= 4 is 46.0 Å². The van der Waals surface area contributed by atoms with Gasteiger partial charge in [0.1, 0.15) is 15.7 Å². The maximum Gasteiger partial charge on any atom is 0.269 e. The van der Waals surface area contributed by atoms with Crippen molar-refractivity contribution in [3.05, 3.63) is 70.1 Å². The summed E-state index contributed by atoms with van der Waals surface area (Å²) in [5.41, 5.74) is 4.22. The van der Waals surface area contributed by atoms with E-state index in [0.717, 1.165) is 39.2 Å². The molecule has 5 nitrogen and oxygen atoms in total. The summed E-state index contributed by atoms with van der Waals surface area (Å²) in [6.07, 6.45) is 1.74. The first-order valence-electron chi connectivity index (χ1n) is 10.1. The Bertz CT molecular complexity index is 1120. The van der Waals surface area contributed by atoms with E-state index < -0.39 is 0 Å². The Morgan fingerprint density at radius 2 is 1.94 bits per heavy atom. The summed E-state index contributed by atoms with van der Waals surface area (Å²) in [5.74, 6) is 0.772. The van der Waals surface area contributed by atoms with Gasteiger partial charge in [0.05, 0.1) is 18.5 Å². The number of carbonyl (C=O) groups excluding carboxylic acids is 1. The molecule has 160 valence electrons. The summed E-state index contributed by atoms with van der Waals surface area (Å²) < 4.78 is 5.40. The number of hydrogen-bond donors (Lipinski definition) is 0. The maximum atomic E-state index is 13.4. The van der Waals surface area contributed by atoms with Gasteiger partial charge in [-0.2, -0.15) is 0 Å². The first kappa shape index (κ1) is 21.6. The molecule has 1 amide bonds. The molecule has 0 aromatic heterocycles. The number of fused-ring (bicyclic) bond motifs is 1. The third-order valence-electron chi connectivity index (χ3n) is 5.16. The second-order valence-electron chi connectivity index (χ2n) is 7.31. The lowest BCUT2D eigenvalue weighted by Crippen LogP contribution is -2.30. The molecule has 0 spiro atoms. The number of ether oxygens (including phenoxy) is 1. The van der Waals surface area contributed by atoms with Gasteiger partial charge in [-0.25, -0.2) is 4.99 Å². The molecule has 0 aliphatic carbocycles. The van der Waals surface area contributed by atoms with Gasteiger partial charge >= 0.3 is 0 Å². The summed E-state index contributed by atoms with van der Waals surface area (Å²) in [6, 6.07) is 12.2. The molecule has 0 radical (unpaired) electrons. The molecule has 2 aromatic carbocycles. The van der Waals surface area contributed by atoms with Gasteiger partial charge in [-0.05, 0) is 56.3 Å². The van der Waals surface area contributed by atoms with Crippen LogP contribution in [0.5, 0.6) is 5.75 Å². The molecule has 0 N–H and O–H groups in total. The molecule has 2 aliphatic rings. The van der Waals surface area contributed by atoms with Crippen LogP contribution in [0, 0.1) is 13.8 Å². The first-order valence-corrected chi connectivity index (χ1v) is 11.7. The number of amidine groups is 1. The third kappa shape index (κ3) is 4.00. The lowest BCUT2D eigenvalue weighted by atomic mass is 10.1. The Morgan fingerprint density at radius 3 is 2.61 bits per heavy atom. The van der Waals surface area contributed by atoms with Gasteiger partial charge in [0.15, 0.2) is 5.17 Å². The van der Waals surface area contributed by atoms with Gasteiger partial charge in [0, 0.05) is 24.1 Å². The molecule has 31 heavy (non-hydrogen) atoms. The molecule has 2 aromatic rings. The molecule has 0 bridgehead atoms. The molecule has 2 heterocycles. The summed E-state index contributed by atoms with van der Waals surface area (Å²) in [5, 5.41) is 1.63. The zero-order valence-electron chi connectivity index (χ0n) is 18.1. The Hall–Kier alpha value is -2.64. The fourth-order valence-corrected chi connectivity index (χ4v) is 5.99. The topological polar surface area (TPSA) is 45.1 Å². The minimum atomic E-state index is -0.0332. The largest absolute Gasteiger partial charge is 0.497 e. The lowest BCUT2D eigenvalue weighted by molar-refractivity contribution is -0.121. The summed E-state index contributed by atoms with van der Waals surface area (Å²) in [7, 11) is 1.67. The van der Waals surface area contributed by atoms with E-state index in [9.17, 15) is 4.79 Å². The molecule has 1 fully saturated rings. The zero-order chi connectivity index (χ0) is 22.1. The second kappa shape index (κ2) is 8.85. The summed E-state index contributed by atoms with van der Waals surface area (Å²) in [6.45, 7) is 11.2. The van der Waals surface area contributed by atoms with Crippen LogP contribution in [-0.2, 0) is 4.79 Å². The van der Waals surface area contributed by atoms with Crippen molar-refractivity contribution in [2.75, 3.05) is 25.1 Å². The minimum absolute atomic E-state index is 0.0332.